The highest BCUT2D eigenvalue weighted by Gasteiger charge is 2.23. The number of aromatic nitrogens is 2. The van der Waals surface area contributed by atoms with E-state index in [9.17, 15) is 4.39 Å². The van der Waals surface area contributed by atoms with E-state index in [0.717, 1.165) is 63.1 Å². The third-order valence-electron chi connectivity index (χ3n) is 4.70. The summed E-state index contributed by atoms with van der Waals surface area (Å²) in [7, 11) is 0. The van der Waals surface area contributed by atoms with Crippen molar-refractivity contribution < 1.29 is 9.13 Å². The van der Waals surface area contributed by atoms with Crippen molar-refractivity contribution in [1.82, 2.24) is 9.97 Å². The lowest BCUT2D eigenvalue weighted by molar-refractivity contribution is 0.122. The molecule has 1 N–H and O–H groups in total. The summed E-state index contributed by atoms with van der Waals surface area (Å²) in [5, 5.41) is 3.49. The summed E-state index contributed by atoms with van der Waals surface area (Å²) in [4.78, 5) is 13.1. The Labute approximate surface area is 146 Å². The monoisotopic (exact) mass is 343 g/mol. The lowest BCUT2D eigenvalue weighted by Gasteiger charge is -2.28. The molecule has 7 heteroatoms. The molecule has 0 spiro atoms. The van der Waals surface area contributed by atoms with Crippen LogP contribution in [-0.4, -0.2) is 55.4 Å². The number of nitrogens with one attached hydrogen (secondary N) is 1. The van der Waals surface area contributed by atoms with Crippen LogP contribution in [0, 0.1) is 5.82 Å². The van der Waals surface area contributed by atoms with Gasteiger partial charge < -0.3 is 19.9 Å². The lowest BCUT2D eigenvalue weighted by Crippen LogP contribution is -2.36. The fourth-order valence-electron chi connectivity index (χ4n) is 3.39. The molecule has 2 aliphatic heterocycles. The van der Waals surface area contributed by atoms with Crippen molar-refractivity contribution in [3.63, 3.8) is 0 Å². The number of benzene rings is 1. The van der Waals surface area contributed by atoms with Crippen molar-refractivity contribution in [2.45, 2.75) is 12.5 Å². The summed E-state index contributed by atoms with van der Waals surface area (Å²) >= 11 is 0. The normalized spacial score (nSPS) is 20.8. The first-order chi connectivity index (χ1) is 12.3. The highest BCUT2D eigenvalue weighted by molar-refractivity contribution is 5.51. The first kappa shape index (κ1) is 16.1. The molecule has 2 aromatic rings. The van der Waals surface area contributed by atoms with Crippen LogP contribution in [0.4, 0.5) is 21.7 Å². The predicted molar refractivity (Wildman–Crippen MR) is 95.7 cm³/mol. The fourth-order valence-corrected chi connectivity index (χ4v) is 3.39. The minimum Gasteiger partial charge on any atom is -0.378 e. The average Bonchev–Trinajstić information content (AvgIpc) is 3.11. The third kappa shape index (κ3) is 3.82. The molecule has 3 heterocycles. The zero-order valence-corrected chi connectivity index (χ0v) is 14.1. The number of rotatable bonds is 4. The van der Waals surface area contributed by atoms with Gasteiger partial charge in [0.25, 0.3) is 0 Å². The van der Waals surface area contributed by atoms with E-state index in [0.29, 0.717) is 0 Å². The summed E-state index contributed by atoms with van der Waals surface area (Å²) in [6, 6.07) is 9.05. The van der Waals surface area contributed by atoms with Gasteiger partial charge in [0.2, 0.25) is 0 Å². The Morgan fingerprint density at radius 3 is 2.80 bits per heavy atom. The zero-order chi connectivity index (χ0) is 17.1. The Morgan fingerprint density at radius 2 is 1.96 bits per heavy atom. The summed E-state index contributed by atoms with van der Waals surface area (Å²) in [5.74, 6) is 1.57. The lowest BCUT2D eigenvalue weighted by atomic mass is 10.2. The molecule has 1 aromatic heterocycles. The van der Waals surface area contributed by atoms with Gasteiger partial charge in [0.15, 0.2) is 0 Å². The number of ether oxygens (including phenoxy) is 1. The molecule has 2 saturated heterocycles. The van der Waals surface area contributed by atoms with Gasteiger partial charge in [0.05, 0.1) is 13.2 Å². The van der Waals surface area contributed by atoms with Crippen molar-refractivity contribution in [2.75, 3.05) is 54.5 Å². The molecule has 4 rings (SSSR count). The Kier molecular flexibility index (Phi) is 4.65. The SMILES string of the molecule is Fc1cccc(N2CC[C@@H](Nc3cc(N4CCOCC4)ncn3)C2)c1. The predicted octanol–water partition coefficient (Wildman–Crippen LogP) is 2.14. The number of halogens is 1. The first-order valence-electron chi connectivity index (χ1n) is 8.70. The number of morpholine rings is 1. The number of nitrogens with zero attached hydrogens (tertiary/aromatic N) is 4. The highest BCUT2D eigenvalue weighted by Crippen LogP contribution is 2.23. The van der Waals surface area contributed by atoms with Crippen molar-refractivity contribution in [3.05, 3.63) is 42.5 Å². The molecule has 132 valence electrons. The average molecular weight is 343 g/mol. The maximum atomic E-state index is 13.4. The van der Waals surface area contributed by atoms with Gasteiger partial charge in [-0.25, -0.2) is 14.4 Å². The molecule has 0 radical (unpaired) electrons. The van der Waals surface area contributed by atoms with Gasteiger partial charge in [0, 0.05) is 44.0 Å². The van der Waals surface area contributed by atoms with Crippen molar-refractivity contribution in [3.8, 4) is 0 Å². The Balaban J connectivity index is 1.39. The molecule has 0 amide bonds. The van der Waals surface area contributed by atoms with Crippen LogP contribution in [0.25, 0.3) is 0 Å². The molecule has 0 saturated carbocycles. The third-order valence-corrected chi connectivity index (χ3v) is 4.70. The maximum absolute atomic E-state index is 13.4. The topological polar surface area (TPSA) is 53.5 Å². The molecule has 25 heavy (non-hydrogen) atoms. The Bertz CT molecular complexity index is 722. The molecule has 0 bridgehead atoms. The van der Waals surface area contributed by atoms with Crippen LogP contribution in [0.15, 0.2) is 36.7 Å². The maximum Gasteiger partial charge on any atom is 0.134 e. The van der Waals surface area contributed by atoms with Gasteiger partial charge in [-0.05, 0) is 24.6 Å². The second-order valence-corrected chi connectivity index (χ2v) is 6.42. The fraction of sp³-hybridized carbons (Fsp3) is 0.444. The van der Waals surface area contributed by atoms with Crippen LogP contribution in [0.3, 0.4) is 0 Å². The number of hydrogen-bond acceptors (Lipinski definition) is 6. The molecular weight excluding hydrogens is 321 g/mol. The van der Waals surface area contributed by atoms with Crippen LogP contribution >= 0.6 is 0 Å². The minimum atomic E-state index is -0.195. The van der Waals surface area contributed by atoms with Crippen molar-refractivity contribution >= 4 is 17.3 Å². The molecule has 1 atom stereocenters. The Morgan fingerprint density at radius 1 is 1.08 bits per heavy atom. The van der Waals surface area contributed by atoms with Crippen LogP contribution in [0.5, 0.6) is 0 Å². The van der Waals surface area contributed by atoms with Gasteiger partial charge in [-0.15, -0.1) is 0 Å². The Hall–Kier alpha value is -2.41. The van der Waals surface area contributed by atoms with Crippen molar-refractivity contribution in [1.29, 1.82) is 0 Å². The van der Waals surface area contributed by atoms with Crippen LogP contribution in [0.1, 0.15) is 6.42 Å². The minimum absolute atomic E-state index is 0.195. The second kappa shape index (κ2) is 7.23. The summed E-state index contributed by atoms with van der Waals surface area (Å²) < 4.78 is 18.8. The second-order valence-electron chi connectivity index (χ2n) is 6.42. The molecule has 2 aliphatic rings. The van der Waals surface area contributed by atoms with E-state index in [1.54, 1.807) is 18.5 Å². The van der Waals surface area contributed by atoms with Crippen LogP contribution in [0.2, 0.25) is 0 Å². The van der Waals surface area contributed by atoms with E-state index >= 15 is 0 Å². The van der Waals surface area contributed by atoms with Gasteiger partial charge in [-0.2, -0.15) is 0 Å². The smallest absolute Gasteiger partial charge is 0.134 e. The van der Waals surface area contributed by atoms with Crippen LogP contribution < -0.4 is 15.1 Å². The highest BCUT2D eigenvalue weighted by atomic mass is 19.1. The summed E-state index contributed by atoms with van der Waals surface area (Å²) in [5.41, 5.74) is 0.931. The number of anilines is 3. The van der Waals surface area contributed by atoms with Crippen molar-refractivity contribution in [2.24, 2.45) is 0 Å². The van der Waals surface area contributed by atoms with E-state index in [4.69, 9.17) is 4.74 Å². The summed E-state index contributed by atoms with van der Waals surface area (Å²) in [6.07, 6.45) is 2.60. The molecule has 0 aliphatic carbocycles. The van der Waals surface area contributed by atoms with E-state index in [1.807, 2.05) is 12.1 Å². The van der Waals surface area contributed by atoms with E-state index < -0.39 is 0 Å². The van der Waals surface area contributed by atoms with E-state index in [2.05, 4.69) is 25.1 Å². The van der Waals surface area contributed by atoms with Crippen LogP contribution in [-0.2, 0) is 4.74 Å². The van der Waals surface area contributed by atoms with E-state index in [1.165, 1.54) is 6.07 Å². The first-order valence-corrected chi connectivity index (χ1v) is 8.70. The quantitative estimate of drug-likeness (QED) is 0.918. The largest absolute Gasteiger partial charge is 0.378 e. The molecule has 2 fully saturated rings. The molecule has 1 aromatic carbocycles. The van der Waals surface area contributed by atoms with Gasteiger partial charge in [0.1, 0.15) is 23.8 Å². The summed E-state index contributed by atoms with van der Waals surface area (Å²) in [6.45, 7) is 4.92. The van der Waals surface area contributed by atoms with Gasteiger partial charge >= 0.3 is 0 Å². The molecular formula is C18H22FN5O. The zero-order valence-electron chi connectivity index (χ0n) is 14.1. The molecule has 0 unspecified atom stereocenters. The standard InChI is InChI=1S/C18H22FN5O/c19-14-2-1-3-16(10-14)24-5-4-15(12-24)22-17-11-18(21-13-20-17)23-6-8-25-9-7-23/h1-3,10-11,13,15H,4-9,12H2,(H,20,21,22)/t15-/m1/s1. The number of hydrogen-bond donors (Lipinski definition) is 1. The van der Waals surface area contributed by atoms with Gasteiger partial charge in [-0.3, -0.25) is 0 Å². The van der Waals surface area contributed by atoms with Gasteiger partial charge in [-0.1, -0.05) is 6.07 Å². The molecule has 6 nitrogen and oxygen atoms in total. The van der Waals surface area contributed by atoms with E-state index in [-0.39, 0.29) is 11.9 Å².